The van der Waals surface area contributed by atoms with Gasteiger partial charge in [0.1, 0.15) is 0 Å². The minimum absolute atomic E-state index is 0.0666. The second-order valence-corrected chi connectivity index (χ2v) is 7.58. The summed E-state index contributed by atoms with van der Waals surface area (Å²) in [7, 11) is -3.05. The van der Waals surface area contributed by atoms with Crippen molar-refractivity contribution in [2.24, 2.45) is 0 Å². The van der Waals surface area contributed by atoms with E-state index >= 15 is 0 Å². The molecule has 2 unspecified atom stereocenters. The first-order valence-electron chi connectivity index (χ1n) is 6.88. The van der Waals surface area contributed by atoms with Gasteiger partial charge < -0.3 is 10.4 Å². The van der Waals surface area contributed by atoms with Gasteiger partial charge in [-0.25, -0.2) is 8.42 Å². The van der Waals surface area contributed by atoms with Crippen LogP contribution in [-0.2, 0) is 9.84 Å². The lowest BCUT2D eigenvalue weighted by molar-refractivity contribution is 0.0431. The lowest BCUT2D eigenvalue weighted by Gasteiger charge is -2.39. The van der Waals surface area contributed by atoms with Gasteiger partial charge in [-0.3, -0.25) is 4.90 Å². The van der Waals surface area contributed by atoms with Crippen LogP contribution in [-0.4, -0.2) is 67.8 Å². The zero-order valence-electron chi connectivity index (χ0n) is 11.0. The van der Waals surface area contributed by atoms with E-state index in [2.05, 4.69) is 17.1 Å². The molecular weight excluding hydrogens is 252 g/mol. The van der Waals surface area contributed by atoms with Crippen molar-refractivity contribution in [3.63, 3.8) is 0 Å². The fourth-order valence-electron chi connectivity index (χ4n) is 3.14. The molecule has 2 N–H and O–H groups in total. The summed E-state index contributed by atoms with van der Waals surface area (Å²) in [5, 5.41) is 13.3. The number of rotatable bonds is 4. The van der Waals surface area contributed by atoms with Crippen molar-refractivity contribution >= 4 is 9.84 Å². The van der Waals surface area contributed by atoms with Gasteiger partial charge in [-0.05, 0) is 38.9 Å². The molecule has 2 rings (SSSR count). The Morgan fingerprint density at radius 1 is 1.28 bits per heavy atom. The van der Waals surface area contributed by atoms with Crippen molar-refractivity contribution < 1.29 is 13.5 Å². The van der Waals surface area contributed by atoms with E-state index in [4.69, 9.17) is 0 Å². The van der Waals surface area contributed by atoms with E-state index in [1.165, 1.54) is 0 Å². The minimum atomic E-state index is -3.05. The average Bonchev–Trinajstić information content (AvgIpc) is 2.61. The van der Waals surface area contributed by atoms with Crippen LogP contribution in [0.25, 0.3) is 0 Å². The Bertz CT molecular complexity index is 366. The standard InChI is InChI=1S/C12H24N2O3S/c1-2-7-14(10-3-5-13-6-4-10)11-8-18(16,17)9-12(11)15/h10-13,15H,2-9H2,1H3. The van der Waals surface area contributed by atoms with Crippen molar-refractivity contribution in [3.8, 4) is 0 Å². The Morgan fingerprint density at radius 2 is 1.94 bits per heavy atom. The summed E-state index contributed by atoms with van der Waals surface area (Å²) in [4.78, 5) is 2.25. The van der Waals surface area contributed by atoms with Crippen LogP contribution in [0.15, 0.2) is 0 Å². The molecule has 0 spiro atoms. The zero-order valence-corrected chi connectivity index (χ0v) is 11.8. The van der Waals surface area contributed by atoms with Crippen LogP contribution in [0.1, 0.15) is 26.2 Å². The minimum Gasteiger partial charge on any atom is -0.390 e. The predicted molar refractivity (Wildman–Crippen MR) is 71.3 cm³/mol. The monoisotopic (exact) mass is 276 g/mol. The summed E-state index contributed by atoms with van der Waals surface area (Å²) in [5.41, 5.74) is 0. The van der Waals surface area contributed by atoms with Crippen molar-refractivity contribution in [3.05, 3.63) is 0 Å². The van der Waals surface area contributed by atoms with Gasteiger partial charge in [-0.15, -0.1) is 0 Å². The molecule has 0 saturated carbocycles. The molecule has 2 heterocycles. The van der Waals surface area contributed by atoms with Crippen molar-refractivity contribution in [2.45, 2.75) is 44.4 Å². The van der Waals surface area contributed by atoms with Crippen LogP contribution in [0.2, 0.25) is 0 Å². The van der Waals surface area contributed by atoms with E-state index in [9.17, 15) is 13.5 Å². The van der Waals surface area contributed by atoms with Gasteiger partial charge >= 0.3 is 0 Å². The van der Waals surface area contributed by atoms with E-state index in [1.54, 1.807) is 0 Å². The summed E-state index contributed by atoms with van der Waals surface area (Å²) < 4.78 is 23.3. The van der Waals surface area contributed by atoms with Crippen LogP contribution in [0, 0.1) is 0 Å². The Kier molecular flexibility index (Phi) is 4.64. The highest BCUT2D eigenvalue weighted by atomic mass is 32.2. The number of nitrogens with zero attached hydrogens (tertiary/aromatic N) is 1. The number of nitrogens with one attached hydrogen (secondary N) is 1. The normalized spacial score (nSPS) is 33.1. The fraction of sp³-hybridized carbons (Fsp3) is 1.00. The summed E-state index contributed by atoms with van der Waals surface area (Å²) >= 11 is 0. The third-order valence-corrected chi connectivity index (χ3v) is 5.68. The first-order chi connectivity index (χ1) is 8.53. The molecule has 106 valence electrons. The number of piperidine rings is 1. The Balaban J connectivity index is 2.09. The molecule has 2 aliphatic rings. The van der Waals surface area contributed by atoms with Crippen molar-refractivity contribution in [1.82, 2.24) is 10.2 Å². The average molecular weight is 276 g/mol. The van der Waals surface area contributed by atoms with E-state index in [-0.39, 0.29) is 17.5 Å². The molecule has 2 saturated heterocycles. The molecule has 2 atom stereocenters. The molecule has 18 heavy (non-hydrogen) atoms. The summed E-state index contributed by atoms with van der Waals surface area (Å²) in [6, 6.07) is 0.220. The largest absolute Gasteiger partial charge is 0.390 e. The topological polar surface area (TPSA) is 69.6 Å². The first-order valence-corrected chi connectivity index (χ1v) is 8.70. The molecule has 0 aromatic rings. The third-order valence-electron chi connectivity index (χ3n) is 3.98. The fourth-order valence-corrected chi connectivity index (χ4v) is 4.96. The van der Waals surface area contributed by atoms with Gasteiger partial charge in [0.25, 0.3) is 0 Å². The molecule has 0 aliphatic carbocycles. The van der Waals surface area contributed by atoms with Crippen LogP contribution in [0.5, 0.6) is 0 Å². The van der Waals surface area contributed by atoms with Crippen molar-refractivity contribution in [2.75, 3.05) is 31.1 Å². The zero-order chi connectivity index (χ0) is 13.2. The van der Waals surface area contributed by atoms with Gasteiger partial charge in [-0.1, -0.05) is 6.92 Å². The Labute approximate surface area is 109 Å². The van der Waals surface area contributed by atoms with Crippen LogP contribution in [0.4, 0.5) is 0 Å². The molecule has 6 heteroatoms. The first kappa shape index (κ1) is 14.2. The number of hydrogen-bond acceptors (Lipinski definition) is 5. The van der Waals surface area contributed by atoms with E-state index in [0.29, 0.717) is 6.04 Å². The Hall–Kier alpha value is -0.170. The van der Waals surface area contributed by atoms with E-state index in [0.717, 1.165) is 38.9 Å². The van der Waals surface area contributed by atoms with Gasteiger partial charge in [-0.2, -0.15) is 0 Å². The molecule has 0 amide bonds. The van der Waals surface area contributed by atoms with Crippen molar-refractivity contribution in [1.29, 1.82) is 0 Å². The smallest absolute Gasteiger partial charge is 0.154 e. The third kappa shape index (κ3) is 3.23. The molecule has 0 radical (unpaired) electrons. The number of sulfone groups is 1. The maximum absolute atomic E-state index is 11.6. The highest BCUT2D eigenvalue weighted by molar-refractivity contribution is 7.91. The predicted octanol–water partition coefficient (Wildman–Crippen LogP) is -0.392. The van der Waals surface area contributed by atoms with Crippen LogP contribution in [0.3, 0.4) is 0 Å². The molecule has 0 aromatic carbocycles. The molecule has 0 bridgehead atoms. The van der Waals surface area contributed by atoms with Crippen LogP contribution >= 0.6 is 0 Å². The van der Waals surface area contributed by atoms with Gasteiger partial charge in [0, 0.05) is 6.04 Å². The highest BCUT2D eigenvalue weighted by Gasteiger charge is 2.41. The highest BCUT2D eigenvalue weighted by Crippen LogP contribution is 2.24. The summed E-state index contributed by atoms with van der Waals surface area (Å²) in [6.45, 7) is 4.95. The maximum atomic E-state index is 11.6. The van der Waals surface area contributed by atoms with E-state index in [1.807, 2.05) is 0 Å². The molecule has 0 aromatic heterocycles. The maximum Gasteiger partial charge on any atom is 0.154 e. The summed E-state index contributed by atoms with van der Waals surface area (Å²) in [5.74, 6) is 0.0565. The summed E-state index contributed by atoms with van der Waals surface area (Å²) in [6.07, 6.45) is 2.37. The van der Waals surface area contributed by atoms with E-state index < -0.39 is 15.9 Å². The quantitative estimate of drug-likeness (QED) is 0.732. The molecular formula is C12H24N2O3S. The number of aliphatic hydroxyl groups is 1. The Morgan fingerprint density at radius 3 is 2.44 bits per heavy atom. The SMILES string of the molecule is CCCN(C1CCNCC1)C1CS(=O)(=O)CC1O. The number of hydrogen-bond donors (Lipinski definition) is 2. The van der Waals surface area contributed by atoms with Gasteiger partial charge in [0.15, 0.2) is 9.84 Å². The van der Waals surface area contributed by atoms with Crippen LogP contribution < -0.4 is 5.32 Å². The van der Waals surface area contributed by atoms with Gasteiger partial charge in [0.2, 0.25) is 0 Å². The molecule has 2 aliphatic heterocycles. The second kappa shape index (κ2) is 5.86. The second-order valence-electron chi connectivity index (χ2n) is 5.43. The number of aliphatic hydroxyl groups excluding tert-OH is 1. The lowest BCUT2D eigenvalue weighted by Crippen LogP contribution is -2.52. The van der Waals surface area contributed by atoms with Gasteiger partial charge in [0.05, 0.1) is 23.7 Å². The molecule has 2 fully saturated rings. The lowest BCUT2D eigenvalue weighted by atomic mass is 10.0. The molecule has 5 nitrogen and oxygen atoms in total.